The SMILES string of the molecule is C=C(CC)C1C(=C)NCC1c1cc(C)cc(C)c1.CC.Cc1cccc(C)c1F. The number of nitrogens with one attached hydrogen (secondary N) is 1. The summed E-state index contributed by atoms with van der Waals surface area (Å²) >= 11 is 0. The molecule has 1 heterocycles. The molecule has 29 heavy (non-hydrogen) atoms. The Hall–Kier alpha value is -2.35. The van der Waals surface area contributed by atoms with Gasteiger partial charge in [0.05, 0.1) is 0 Å². The van der Waals surface area contributed by atoms with Gasteiger partial charge in [-0.2, -0.15) is 0 Å². The van der Waals surface area contributed by atoms with Gasteiger partial charge in [0.2, 0.25) is 0 Å². The Balaban J connectivity index is 0.000000321. The zero-order chi connectivity index (χ0) is 22.1. The minimum atomic E-state index is -0.0856. The van der Waals surface area contributed by atoms with Gasteiger partial charge in [-0.3, -0.25) is 0 Å². The molecule has 0 radical (unpaired) electrons. The highest BCUT2D eigenvalue weighted by Crippen LogP contribution is 2.39. The molecular weight excluding hydrogens is 357 g/mol. The molecule has 158 valence electrons. The minimum absolute atomic E-state index is 0.0856. The topological polar surface area (TPSA) is 12.0 Å². The van der Waals surface area contributed by atoms with Crippen LogP contribution in [0.2, 0.25) is 0 Å². The van der Waals surface area contributed by atoms with E-state index in [4.69, 9.17) is 0 Å². The van der Waals surface area contributed by atoms with Gasteiger partial charge in [0.25, 0.3) is 0 Å². The molecule has 2 heteroatoms. The van der Waals surface area contributed by atoms with E-state index in [0.29, 0.717) is 11.8 Å². The molecule has 1 fully saturated rings. The van der Waals surface area contributed by atoms with Crippen LogP contribution in [0.5, 0.6) is 0 Å². The van der Waals surface area contributed by atoms with E-state index in [9.17, 15) is 4.39 Å². The Bertz CT molecular complexity index is 794. The highest BCUT2D eigenvalue weighted by atomic mass is 19.1. The monoisotopic (exact) mass is 395 g/mol. The number of rotatable bonds is 3. The number of benzene rings is 2. The molecule has 3 rings (SSSR count). The van der Waals surface area contributed by atoms with Crippen molar-refractivity contribution in [2.45, 2.75) is 60.8 Å². The van der Waals surface area contributed by atoms with Gasteiger partial charge in [-0.15, -0.1) is 0 Å². The van der Waals surface area contributed by atoms with E-state index in [1.807, 2.05) is 19.9 Å². The third-order valence-corrected chi connectivity index (χ3v) is 5.28. The van der Waals surface area contributed by atoms with Crippen LogP contribution in [0.25, 0.3) is 0 Å². The average molecular weight is 396 g/mol. The van der Waals surface area contributed by atoms with E-state index in [1.54, 1.807) is 26.0 Å². The van der Waals surface area contributed by atoms with Crippen molar-refractivity contribution in [1.82, 2.24) is 5.32 Å². The number of hydrogen-bond donors (Lipinski definition) is 1. The summed E-state index contributed by atoms with van der Waals surface area (Å²) in [5, 5.41) is 3.42. The zero-order valence-corrected chi connectivity index (χ0v) is 19.3. The summed E-state index contributed by atoms with van der Waals surface area (Å²) in [7, 11) is 0. The molecule has 1 saturated heterocycles. The largest absolute Gasteiger partial charge is 0.388 e. The van der Waals surface area contributed by atoms with Crippen molar-refractivity contribution in [2.75, 3.05) is 6.54 Å². The van der Waals surface area contributed by atoms with Crippen LogP contribution in [0.1, 0.15) is 60.9 Å². The predicted molar refractivity (Wildman–Crippen MR) is 126 cm³/mol. The summed E-state index contributed by atoms with van der Waals surface area (Å²) < 4.78 is 12.7. The third-order valence-electron chi connectivity index (χ3n) is 5.28. The standard InChI is InChI=1S/C17H23N.C8H9F.C2H6/c1-6-13(4)17-14(5)18-10-16(17)15-8-11(2)7-12(3)9-15;1-6-4-3-5-7(2)8(6)9;1-2/h7-9,16-18H,4-6,10H2,1-3H3;3-5H,1-2H3;1-2H3. The molecule has 2 aromatic rings. The maximum absolute atomic E-state index is 12.7. The van der Waals surface area contributed by atoms with E-state index in [1.165, 1.54) is 22.3 Å². The lowest BCUT2D eigenvalue weighted by molar-refractivity contribution is 0.609. The molecule has 0 spiro atoms. The van der Waals surface area contributed by atoms with E-state index in [-0.39, 0.29) is 5.82 Å². The fourth-order valence-electron chi connectivity index (χ4n) is 3.79. The first-order valence-electron chi connectivity index (χ1n) is 10.6. The molecule has 1 N–H and O–H groups in total. The Morgan fingerprint density at radius 1 is 1.03 bits per heavy atom. The number of halogens is 1. The molecule has 2 atom stereocenters. The van der Waals surface area contributed by atoms with Crippen LogP contribution in [-0.2, 0) is 0 Å². The molecule has 0 amide bonds. The summed E-state index contributed by atoms with van der Waals surface area (Å²) in [5.41, 5.74) is 7.94. The molecule has 1 aliphatic heterocycles. The van der Waals surface area contributed by atoms with E-state index in [2.05, 4.69) is 57.4 Å². The molecular formula is C27H38FN. The fraction of sp³-hybridized carbons (Fsp3) is 0.407. The molecule has 0 aromatic heterocycles. The van der Waals surface area contributed by atoms with Crippen LogP contribution in [0, 0.1) is 39.4 Å². The van der Waals surface area contributed by atoms with Crippen LogP contribution in [0.3, 0.4) is 0 Å². The molecule has 0 bridgehead atoms. The second kappa shape index (κ2) is 11.6. The van der Waals surface area contributed by atoms with E-state index in [0.717, 1.165) is 29.8 Å². The molecule has 2 unspecified atom stereocenters. The van der Waals surface area contributed by atoms with Crippen LogP contribution in [0.15, 0.2) is 60.8 Å². The van der Waals surface area contributed by atoms with Gasteiger partial charge in [-0.1, -0.05) is 87.0 Å². The average Bonchev–Trinajstić information content (AvgIpc) is 3.08. The highest BCUT2D eigenvalue weighted by Gasteiger charge is 2.32. The van der Waals surface area contributed by atoms with Crippen molar-refractivity contribution >= 4 is 0 Å². The Labute approximate surface area is 177 Å². The van der Waals surface area contributed by atoms with Crippen LogP contribution >= 0.6 is 0 Å². The number of allylic oxidation sites excluding steroid dienone is 1. The molecule has 0 aliphatic carbocycles. The maximum Gasteiger partial charge on any atom is 0.129 e. The number of aryl methyl sites for hydroxylation is 4. The van der Waals surface area contributed by atoms with Crippen molar-refractivity contribution in [3.8, 4) is 0 Å². The van der Waals surface area contributed by atoms with Crippen LogP contribution in [0.4, 0.5) is 4.39 Å². The molecule has 1 aliphatic rings. The summed E-state index contributed by atoms with van der Waals surface area (Å²) in [6, 6.07) is 12.2. The van der Waals surface area contributed by atoms with Gasteiger partial charge >= 0.3 is 0 Å². The molecule has 1 nitrogen and oxygen atoms in total. The lowest BCUT2D eigenvalue weighted by atomic mass is 9.81. The smallest absolute Gasteiger partial charge is 0.129 e. The predicted octanol–water partition coefficient (Wildman–Crippen LogP) is 7.56. The van der Waals surface area contributed by atoms with Gasteiger partial charge in [0, 0.05) is 24.1 Å². The van der Waals surface area contributed by atoms with Crippen LogP contribution < -0.4 is 5.32 Å². The molecule has 0 saturated carbocycles. The summed E-state index contributed by atoms with van der Waals surface area (Å²) in [5.74, 6) is 0.789. The quantitative estimate of drug-likeness (QED) is 0.529. The van der Waals surface area contributed by atoms with Crippen molar-refractivity contribution in [3.63, 3.8) is 0 Å². The zero-order valence-electron chi connectivity index (χ0n) is 19.3. The Morgan fingerprint density at radius 2 is 1.55 bits per heavy atom. The fourth-order valence-corrected chi connectivity index (χ4v) is 3.79. The number of hydrogen-bond acceptors (Lipinski definition) is 1. The first-order chi connectivity index (χ1) is 13.7. The molecule has 2 aromatic carbocycles. The Morgan fingerprint density at radius 3 is 2.00 bits per heavy atom. The van der Waals surface area contributed by atoms with Crippen molar-refractivity contribution in [2.24, 2.45) is 5.92 Å². The van der Waals surface area contributed by atoms with Gasteiger partial charge < -0.3 is 5.32 Å². The Kier molecular flexibility index (Phi) is 9.88. The van der Waals surface area contributed by atoms with Crippen molar-refractivity contribution in [3.05, 3.63) is 94.5 Å². The summed E-state index contributed by atoms with van der Waals surface area (Å²) in [6.45, 7) is 23.4. The lowest BCUT2D eigenvalue weighted by Gasteiger charge is -2.21. The van der Waals surface area contributed by atoms with Gasteiger partial charge in [0.15, 0.2) is 0 Å². The highest BCUT2D eigenvalue weighted by molar-refractivity contribution is 5.37. The van der Waals surface area contributed by atoms with Crippen molar-refractivity contribution in [1.29, 1.82) is 0 Å². The second-order valence-electron chi connectivity index (χ2n) is 7.63. The lowest BCUT2D eigenvalue weighted by Crippen LogP contribution is -2.12. The minimum Gasteiger partial charge on any atom is -0.388 e. The van der Waals surface area contributed by atoms with Gasteiger partial charge in [0.1, 0.15) is 5.82 Å². The van der Waals surface area contributed by atoms with Crippen LogP contribution in [-0.4, -0.2) is 6.54 Å². The first kappa shape index (κ1) is 24.7. The first-order valence-corrected chi connectivity index (χ1v) is 10.6. The van der Waals surface area contributed by atoms with Crippen molar-refractivity contribution < 1.29 is 4.39 Å². The summed E-state index contributed by atoms with van der Waals surface area (Å²) in [6.07, 6.45) is 1.02. The third kappa shape index (κ3) is 6.59. The van der Waals surface area contributed by atoms with E-state index >= 15 is 0 Å². The second-order valence-corrected chi connectivity index (χ2v) is 7.63. The normalized spacial score (nSPS) is 17.4. The van der Waals surface area contributed by atoms with Gasteiger partial charge in [-0.25, -0.2) is 4.39 Å². The van der Waals surface area contributed by atoms with E-state index < -0.39 is 0 Å². The summed E-state index contributed by atoms with van der Waals surface area (Å²) in [4.78, 5) is 0. The van der Waals surface area contributed by atoms with Gasteiger partial charge in [-0.05, 0) is 50.8 Å². The maximum atomic E-state index is 12.7.